The zero-order valence-electron chi connectivity index (χ0n) is 19.5. The Kier molecular flexibility index (Phi) is 6.14. The number of likely N-dealkylation sites (N-methyl/N-ethyl adjacent to an activating group) is 1. The van der Waals surface area contributed by atoms with Crippen molar-refractivity contribution in [2.45, 2.75) is 50.5 Å². The highest BCUT2D eigenvalue weighted by Gasteiger charge is 2.35. The maximum absolute atomic E-state index is 14.4. The van der Waals surface area contributed by atoms with Crippen molar-refractivity contribution in [3.63, 3.8) is 0 Å². The molecule has 1 amide bonds. The number of aliphatic hydroxyl groups is 1. The summed E-state index contributed by atoms with van der Waals surface area (Å²) in [6.07, 6.45) is 5.50. The topological polar surface area (TPSA) is 47.0 Å². The van der Waals surface area contributed by atoms with Gasteiger partial charge in [-0.05, 0) is 73.3 Å². The van der Waals surface area contributed by atoms with E-state index in [1.54, 1.807) is 12.1 Å². The number of hydrogen-bond acceptors (Lipinski definition) is 4. The van der Waals surface area contributed by atoms with Gasteiger partial charge in [0.1, 0.15) is 5.82 Å². The molecule has 3 fully saturated rings. The van der Waals surface area contributed by atoms with Crippen LogP contribution < -0.4 is 9.80 Å². The van der Waals surface area contributed by atoms with Crippen LogP contribution in [0.4, 0.5) is 15.8 Å². The molecule has 0 atom stereocenters. The number of carbonyl (C=O) groups is 1. The lowest BCUT2D eigenvalue weighted by atomic mass is 9.85. The Morgan fingerprint density at radius 1 is 0.939 bits per heavy atom. The van der Waals surface area contributed by atoms with Crippen molar-refractivity contribution in [2.75, 3.05) is 49.6 Å². The second kappa shape index (κ2) is 9.07. The van der Waals surface area contributed by atoms with Crippen LogP contribution in [-0.4, -0.2) is 55.7 Å². The van der Waals surface area contributed by atoms with E-state index in [1.165, 1.54) is 0 Å². The molecule has 2 heterocycles. The third kappa shape index (κ3) is 4.51. The zero-order valence-corrected chi connectivity index (χ0v) is 19.5. The van der Waals surface area contributed by atoms with Crippen LogP contribution in [0.1, 0.15) is 55.2 Å². The van der Waals surface area contributed by atoms with Gasteiger partial charge in [-0.15, -0.1) is 0 Å². The van der Waals surface area contributed by atoms with E-state index in [0.29, 0.717) is 12.8 Å². The lowest BCUT2D eigenvalue weighted by Gasteiger charge is -2.35. The molecule has 0 unspecified atom stereocenters. The molecule has 176 valence electrons. The molecule has 0 bridgehead atoms. The predicted molar refractivity (Wildman–Crippen MR) is 129 cm³/mol. The van der Waals surface area contributed by atoms with E-state index in [1.807, 2.05) is 23.1 Å². The first-order valence-electron chi connectivity index (χ1n) is 12.3. The number of carbonyl (C=O) groups excluding carboxylic acids is 1. The van der Waals surface area contributed by atoms with E-state index in [2.05, 4.69) is 22.9 Å². The molecule has 33 heavy (non-hydrogen) atoms. The van der Waals surface area contributed by atoms with Crippen LogP contribution in [-0.2, 0) is 16.8 Å². The van der Waals surface area contributed by atoms with Gasteiger partial charge in [0.15, 0.2) is 0 Å². The molecule has 0 aromatic heterocycles. The van der Waals surface area contributed by atoms with E-state index < -0.39 is 5.60 Å². The summed E-state index contributed by atoms with van der Waals surface area (Å²) < 4.78 is 14.4. The van der Waals surface area contributed by atoms with Gasteiger partial charge >= 0.3 is 0 Å². The van der Waals surface area contributed by atoms with Crippen LogP contribution >= 0.6 is 0 Å². The monoisotopic (exact) mass is 451 g/mol. The second-order valence-corrected chi connectivity index (χ2v) is 9.97. The fraction of sp³-hybridized carbons (Fsp3) is 0.519. The zero-order chi connectivity index (χ0) is 23.0. The largest absolute Gasteiger partial charge is 0.385 e. The van der Waals surface area contributed by atoms with Gasteiger partial charge in [-0.3, -0.25) is 4.79 Å². The van der Waals surface area contributed by atoms with Crippen molar-refractivity contribution >= 4 is 17.3 Å². The van der Waals surface area contributed by atoms with Crippen LogP contribution in [0.3, 0.4) is 0 Å². The Balaban J connectivity index is 1.54. The minimum atomic E-state index is -0.843. The van der Waals surface area contributed by atoms with Crippen LogP contribution in [0.2, 0.25) is 0 Å². The molecule has 2 aliphatic heterocycles. The number of amides is 1. The maximum Gasteiger partial charge on any atom is 0.227 e. The van der Waals surface area contributed by atoms with Crippen molar-refractivity contribution in [2.24, 2.45) is 0 Å². The van der Waals surface area contributed by atoms with Gasteiger partial charge in [0.05, 0.1) is 5.60 Å². The summed E-state index contributed by atoms with van der Waals surface area (Å²) >= 11 is 0. The van der Waals surface area contributed by atoms with Crippen molar-refractivity contribution in [3.05, 3.63) is 58.9 Å². The van der Waals surface area contributed by atoms with E-state index in [4.69, 9.17) is 0 Å². The average Bonchev–Trinajstić information content (AvgIpc) is 3.43. The summed E-state index contributed by atoms with van der Waals surface area (Å²) in [7, 11) is 2.13. The van der Waals surface area contributed by atoms with Gasteiger partial charge in [0.2, 0.25) is 5.91 Å². The molecule has 1 N–H and O–H groups in total. The smallest absolute Gasteiger partial charge is 0.227 e. The fourth-order valence-corrected chi connectivity index (χ4v) is 5.76. The minimum Gasteiger partial charge on any atom is -0.385 e. The lowest BCUT2D eigenvalue weighted by Crippen LogP contribution is -2.44. The molecular formula is C27H34FN3O2. The number of piperazine rings is 1. The van der Waals surface area contributed by atoms with Gasteiger partial charge in [0.25, 0.3) is 0 Å². The number of anilines is 2. The Bertz CT molecular complexity index is 1030. The molecule has 2 aromatic rings. The highest BCUT2D eigenvalue weighted by atomic mass is 19.1. The Labute approximate surface area is 195 Å². The molecule has 0 spiro atoms. The number of benzene rings is 2. The number of nitrogens with zero attached hydrogens (tertiary/aromatic N) is 3. The van der Waals surface area contributed by atoms with Gasteiger partial charge in [-0.2, -0.15) is 0 Å². The number of halogens is 1. The molecule has 6 heteroatoms. The summed E-state index contributed by atoms with van der Waals surface area (Å²) in [6.45, 7) is 4.51. The summed E-state index contributed by atoms with van der Waals surface area (Å²) in [5, 5.41) is 11.5. The summed E-state index contributed by atoms with van der Waals surface area (Å²) in [5.74, 6) is -0.0907. The van der Waals surface area contributed by atoms with Crippen molar-refractivity contribution < 1.29 is 14.3 Å². The van der Waals surface area contributed by atoms with E-state index in [0.717, 1.165) is 92.9 Å². The van der Waals surface area contributed by atoms with Crippen molar-refractivity contribution in [1.82, 2.24) is 4.90 Å². The molecule has 5 rings (SSSR count). The van der Waals surface area contributed by atoms with E-state index in [9.17, 15) is 14.3 Å². The van der Waals surface area contributed by atoms with Gasteiger partial charge in [-0.25, -0.2) is 4.39 Å². The molecule has 2 saturated heterocycles. The van der Waals surface area contributed by atoms with Crippen LogP contribution in [0.25, 0.3) is 0 Å². The normalized spacial score (nSPS) is 21.2. The predicted octanol–water partition coefficient (Wildman–Crippen LogP) is 4.06. The third-order valence-corrected chi connectivity index (χ3v) is 7.67. The first kappa shape index (κ1) is 22.4. The van der Waals surface area contributed by atoms with Crippen LogP contribution in [0.5, 0.6) is 0 Å². The molecule has 3 aliphatic rings. The highest BCUT2D eigenvalue weighted by Crippen LogP contribution is 2.42. The van der Waals surface area contributed by atoms with E-state index >= 15 is 0 Å². The number of hydrogen-bond donors (Lipinski definition) is 1. The lowest BCUT2D eigenvalue weighted by molar-refractivity contribution is -0.117. The van der Waals surface area contributed by atoms with Crippen LogP contribution in [0.15, 0.2) is 36.4 Å². The quantitative estimate of drug-likeness (QED) is 0.745. The molecular weight excluding hydrogens is 417 g/mol. The fourth-order valence-electron chi connectivity index (χ4n) is 5.76. The van der Waals surface area contributed by atoms with Gasteiger partial charge in [0, 0.05) is 56.9 Å². The molecule has 2 aromatic carbocycles. The third-order valence-electron chi connectivity index (χ3n) is 7.67. The van der Waals surface area contributed by atoms with Gasteiger partial charge in [-0.1, -0.05) is 18.9 Å². The SMILES string of the molecule is CN1CCN(c2ccc(F)cc2Cc2cc(N3CCCC3=O)ccc2C2(O)CCCC2)CC1. The molecule has 1 saturated carbocycles. The first-order valence-corrected chi connectivity index (χ1v) is 12.3. The molecule has 5 nitrogen and oxygen atoms in total. The second-order valence-electron chi connectivity index (χ2n) is 9.97. The minimum absolute atomic E-state index is 0.150. The summed E-state index contributed by atoms with van der Waals surface area (Å²) in [6, 6.07) is 11.1. The molecule has 1 aliphatic carbocycles. The molecule has 0 radical (unpaired) electrons. The van der Waals surface area contributed by atoms with E-state index in [-0.39, 0.29) is 11.7 Å². The number of rotatable bonds is 5. The highest BCUT2D eigenvalue weighted by molar-refractivity contribution is 5.95. The standard InChI is InChI=1S/C27H34FN3O2/c1-29-13-15-30(16-14-29)25-9-6-22(28)18-21(25)17-20-19-23(31-12-4-5-26(31)32)7-8-24(20)27(33)10-2-3-11-27/h6-9,18-19,33H,2-5,10-17H2,1H3. The Morgan fingerprint density at radius 3 is 2.39 bits per heavy atom. The Morgan fingerprint density at radius 2 is 1.70 bits per heavy atom. The van der Waals surface area contributed by atoms with Crippen molar-refractivity contribution in [1.29, 1.82) is 0 Å². The Hall–Kier alpha value is -2.44. The van der Waals surface area contributed by atoms with Crippen LogP contribution in [0, 0.1) is 5.82 Å². The summed E-state index contributed by atoms with van der Waals surface area (Å²) in [4.78, 5) is 18.9. The summed E-state index contributed by atoms with van der Waals surface area (Å²) in [5.41, 5.74) is 3.98. The van der Waals surface area contributed by atoms with Crippen molar-refractivity contribution in [3.8, 4) is 0 Å². The van der Waals surface area contributed by atoms with Gasteiger partial charge < -0.3 is 19.8 Å². The first-order chi connectivity index (χ1) is 15.9. The average molecular weight is 452 g/mol. The maximum atomic E-state index is 14.4.